The van der Waals surface area contributed by atoms with Crippen molar-refractivity contribution in [2.75, 3.05) is 25.5 Å². The summed E-state index contributed by atoms with van der Waals surface area (Å²) in [7, 11) is 1.58. The van der Waals surface area contributed by atoms with E-state index < -0.39 is 0 Å². The summed E-state index contributed by atoms with van der Waals surface area (Å²) < 4.78 is 22.7. The predicted molar refractivity (Wildman–Crippen MR) is 125 cm³/mol. The molecule has 1 aliphatic rings. The Hall–Kier alpha value is -3.72. The first-order valence-electron chi connectivity index (χ1n) is 11.0. The molecule has 0 saturated carbocycles. The van der Waals surface area contributed by atoms with Crippen LogP contribution in [0.5, 0.6) is 5.75 Å². The van der Waals surface area contributed by atoms with Gasteiger partial charge >= 0.3 is 5.69 Å². The zero-order chi connectivity index (χ0) is 22.8. The van der Waals surface area contributed by atoms with E-state index in [9.17, 15) is 9.18 Å². The number of hydrogen-bond acceptors (Lipinski definition) is 6. The van der Waals surface area contributed by atoms with E-state index in [1.807, 2.05) is 18.2 Å². The van der Waals surface area contributed by atoms with Crippen LogP contribution in [0.1, 0.15) is 18.4 Å². The smallest absolute Gasteiger partial charge is 0.335 e. The third-order valence-corrected chi connectivity index (χ3v) is 5.90. The molecule has 4 aromatic rings. The molecule has 0 spiro atoms. The van der Waals surface area contributed by atoms with Crippen molar-refractivity contribution < 1.29 is 9.13 Å². The van der Waals surface area contributed by atoms with Gasteiger partial charge in [0.05, 0.1) is 25.5 Å². The molecule has 1 aliphatic heterocycles. The van der Waals surface area contributed by atoms with Crippen LogP contribution in [0.2, 0.25) is 0 Å². The molecule has 2 aromatic carbocycles. The van der Waals surface area contributed by atoms with Crippen molar-refractivity contribution in [1.82, 2.24) is 24.4 Å². The van der Waals surface area contributed by atoms with E-state index in [0.29, 0.717) is 34.1 Å². The molecule has 0 aliphatic carbocycles. The highest BCUT2D eigenvalue weighted by atomic mass is 19.1. The van der Waals surface area contributed by atoms with Gasteiger partial charge in [-0.25, -0.2) is 18.7 Å². The molecule has 0 radical (unpaired) electrons. The number of rotatable bonds is 6. The van der Waals surface area contributed by atoms with E-state index in [0.717, 1.165) is 25.9 Å². The zero-order valence-electron chi connectivity index (χ0n) is 18.3. The number of nitrogens with one attached hydrogen (secondary N) is 2. The van der Waals surface area contributed by atoms with E-state index in [1.165, 1.54) is 15.2 Å². The summed E-state index contributed by atoms with van der Waals surface area (Å²) in [6.45, 7) is 1.91. The Morgan fingerprint density at radius 2 is 2.12 bits per heavy atom. The molecule has 3 heterocycles. The first-order valence-corrected chi connectivity index (χ1v) is 11.0. The summed E-state index contributed by atoms with van der Waals surface area (Å²) in [6, 6.07) is 13.9. The third-order valence-electron chi connectivity index (χ3n) is 5.90. The van der Waals surface area contributed by atoms with Gasteiger partial charge in [0.2, 0.25) is 5.95 Å². The van der Waals surface area contributed by atoms with Gasteiger partial charge in [0.1, 0.15) is 17.1 Å². The molecule has 1 fully saturated rings. The van der Waals surface area contributed by atoms with Gasteiger partial charge in [-0.15, -0.1) is 0 Å². The molecule has 33 heavy (non-hydrogen) atoms. The Balaban J connectivity index is 1.64. The van der Waals surface area contributed by atoms with Crippen LogP contribution in [-0.2, 0) is 6.54 Å². The van der Waals surface area contributed by atoms with Crippen LogP contribution >= 0.6 is 0 Å². The van der Waals surface area contributed by atoms with Crippen LogP contribution in [0.25, 0.3) is 16.9 Å². The van der Waals surface area contributed by atoms with E-state index in [2.05, 4.69) is 15.6 Å². The average Bonchev–Trinajstić information content (AvgIpc) is 3.11. The molecule has 5 rings (SSSR count). The minimum atomic E-state index is -0.365. The van der Waals surface area contributed by atoms with E-state index in [4.69, 9.17) is 9.72 Å². The maximum Gasteiger partial charge on any atom is 0.335 e. The van der Waals surface area contributed by atoms with E-state index >= 15 is 0 Å². The van der Waals surface area contributed by atoms with Gasteiger partial charge in [0, 0.05) is 24.2 Å². The lowest BCUT2D eigenvalue weighted by molar-refractivity contribution is 0.414. The summed E-state index contributed by atoms with van der Waals surface area (Å²) in [4.78, 5) is 22.7. The lowest BCUT2D eigenvalue weighted by atomic mass is 10.1. The number of aromatic nitrogens is 4. The fourth-order valence-corrected chi connectivity index (χ4v) is 4.19. The summed E-state index contributed by atoms with van der Waals surface area (Å²) in [5, 5.41) is 6.73. The van der Waals surface area contributed by atoms with Gasteiger partial charge < -0.3 is 15.4 Å². The first-order chi connectivity index (χ1) is 16.1. The van der Waals surface area contributed by atoms with Crippen LogP contribution < -0.4 is 21.1 Å². The average molecular weight is 449 g/mol. The Labute approximate surface area is 190 Å². The molecule has 0 bridgehead atoms. The molecule has 1 saturated heterocycles. The number of halogens is 1. The van der Waals surface area contributed by atoms with Crippen molar-refractivity contribution in [2.24, 2.45) is 0 Å². The van der Waals surface area contributed by atoms with Crippen molar-refractivity contribution in [1.29, 1.82) is 0 Å². The van der Waals surface area contributed by atoms with Crippen LogP contribution in [-0.4, -0.2) is 45.3 Å². The highest BCUT2D eigenvalue weighted by Crippen LogP contribution is 2.22. The predicted octanol–water partition coefficient (Wildman–Crippen LogP) is 2.94. The second kappa shape index (κ2) is 9.03. The number of benzene rings is 2. The largest absolute Gasteiger partial charge is 0.497 e. The van der Waals surface area contributed by atoms with Crippen LogP contribution in [0.3, 0.4) is 0 Å². The van der Waals surface area contributed by atoms with E-state index in [1.54, 1.807) is 37.6 Å². The van der Waals surface area contributed by atoms with Crippen molar-refractivity contribution in [3.05, 3.63) is 76.6 Å². The number of nitrogens with zero attached hydrogens (tertiary/aromatic N) is 4. The standard InChI is InChI=1S/C24H25FN6O2/c1-33-19-9-4-8-18(12-19)31-22-21(14-27-23(29-22)28-17-7-5-11-26-13-17)30(24(31)32)15-16-6-2-3-10-20(16)25/h2-4,6,8-10,12,14,17,26H,5,7,11,13,15H2,1H3,(H,27,28,29). The number of piperidine rings is 1. The van der Waals surface area contributed by atoms with Gasteiger partial charge in [-0.2, -0.15) is 4.98 Å². The number of methoxy groups -OCH3 is 1. The highest BCUT2D eigenvalue weighted by molar-refractivity contribution is 5.74. The first kappa shape index (κ1) is 21.1. The monoisotopic (exact) mass is 448 g/mol. The van der Waals surface area contributed by atoms with Gasteiger partial charge in [0.25, 0.3) is 0 Å². The van der Waals surface area contributed by atoms with Crippen molar-refractivity contribution in [3.8, 4) is 11.4 Å². The molecule has 2 N–H and O–H groups in total. The van der Waals surface area contributed by atoms with Crippen molar-refractivity contribution in [2.45, 2.75) is 25.4 Å². The lowest BCUT2D eigenvalue weighted by Gasteiger charge is -2.23. The van der Waals surface area contributed by atoms with Crippen molar-refractivity contribution in [3.63, 3.8) is 0 Å². The summed E-state index contributed by atoms with van der Waals surface area (Å²) >= 11 is 0. The molecule has 8 nitrogen and oxygen atoms in total. The molecular formula is C24H25FN6O2. The number of ether oxygens (including phenoxy) is 1. The highest BCUT2D eigenvalue weighted by Gasteiger charge is 2.20. The number of imidazole rings is 1. The molecule has 1 unspecified atom stereocenters. The summed E-state index contributed by atoms with van der Waals surface area (Å²) in [5.41, 5.74) is 1.68. The topological polar surface area (TPSA) is 86.0 Å². The molecule has 2 aromatic heterocycles. The Morgan fingerprint density at radius 1 is 1.24 bits per heavy atom. The summed E-state index contributed by atoms with van der Waals surface area (Å²) in [6.07, 6.45) is 3.72. The zero-order valence-corrected chi connectivity index (χ0v) is 18.3. The van der Waals surface area contributed by atoms with Crippen molar-refractivity contribution >= 4 is 17.1 Å². The Kier molecular flexibility index (Phi) is 5.78. The lowest BCUT2D eigenvalue weighted by Crippen LogP contribution is -2.38. The minimum absolute atomic E-state index is 0.0711. The van der Waals surface area contributed by atoms with Gasteiger partial charge in [0.15, 0.2) is 5.65 Å². The van der Waals surface area contributed by atoms with Gasteiger partial charge in [-0.3, -0.25) is 4.57 Å². The molecule has 1 atom stereocenters. The molecule has 0 amide bonds. The Bertz CT molecular complexity index is 1340. The normalized spacial score (nSPS) is 16.1. The fraction of sp³-hybridized carbons (Fsp3) is 0.292. The SMILES string of the molecule is COc1cccc(-n2c(=O)n(Cc3ccccc3F)c3cnc(NC4CCCNC4)nc32)c1. The maximum atomic E-state index is 14.4. The number of anilines is 1. The number of fused-ring (bicyclic) bond motifs is 1. The van der Waals surface area contributed by atoms with Crippen LogP contribution in [0.15, 0.2) is 59.5 Å². The third kappa shape index (κ3) is 4.19. The maximum absolute atomic E-state index is 14.4. The number of hydrogen-bond donors (Lipinski definition) is 2. The molecular weight excluding hydrogens is 423 g/mol. The minimum Gasteiger partial charge on any atom is -0.497 e. The van der Waals surface area contributed by atoms with Crippen LogP contribution in [0.4, 0.5) is 10.3 Å². The van der Waals surface area contributed by atoms with Gasteiger partial charge in [-0.1, -0.05) is 24.3 Å². The Morgan fingerprint density at radius 3 is 2.91 bits per heavy atom. The van der Waals surface area contributed by atoms with E-state index in [-0.39, 0.29) is 24.1 Å². The quantitative estimate of drug-likeness (QED) is 0.472. The second-order valence-electron chi connectivity index (χ2n) is 8.09. The second-order valence-corrected chi connectivity index (χ2v) is 8.09. The van der Waals surface area contributed by atoms with Crippen LogP contribution in [0, 0.1) is 5.82 Å². The fourth-order valence-electron chi connectivity index (χ4n) is 4.19. The molecule has 9 heteroatoms. The van der Waals surface area contributed by atoms with Gasteiger partial charge in [-0.05, 0) is 37.6 Å². The molecule has 170 valence electrons. The summed E-state index contributed by atoms with van der Waals surface area (Å²) in [5.74, 6) is 0.710.